The van der Waals surface area contributed by atoms with Gasteiger partial charge in [-0.25, -0.2) is 4.98 Å². The number of fused-ring (bicyclic) bond motifs is 2. The van der Waals surface area contributed by atoms with Gasteiger partial charge in [0.1, 0.15) is 4.88 Å². The molecular weight excluding hydrogens is 385 g/mol. The number of amides is 1. The summed E-state index contributed by atoms with van der Waals surface area (Å²) in [6.07, 6.45) is 0. The van der Waals surface area contributed by atoms with Crippen LogP contribution in [0.3, 0.4) is 0 Å². The number of nitrogens with two attached hydrogens (primary N) is 1. The monoisotopic (exact) mass is 395 g/mol. The molecule has 0 aliphatic heterocycles. The highest BCUT2D eigenvalue weighted by molar-refractivity contribution is 7.23. The summed E-state index contributed by atoms with van der Waals surface area (Å²) in [4.78, 5) is 17.4. The van der Waals surface area contributed by atoms with Gasteiger partial charge in [0.05, 0.1) is 15.2 Å². The highest BCUT2D eigenvalue weighted by Gasteiger charge is 2.18. The van der Waals surface area contributed by atoms with Gasteiger partial charge in [-0.05, 0) is 24.3 Å². The van der Waals surface area contributed by atoms with E-state index in [0.717, 1.165) is 20.3 Å². The van der Waals surface area contributed by atoms with Crippen molar-refractivity contribution in [1.29, 1.82) is 0 Å². The fraction of sp³-hybridized carbons (Fsp3) is 0. The minimum absolute atomic E-state index is 0. The Morgan fingerprint density at radius 1 is 1.12 bits per heavy atom. The van der Waals surface area contributed by atoms with Crippen molar-refractivity contribution >= 4 is 83.7 Å². The summed E-state index contributed by atoms with van der Waals surface area (Å²) in [6, 6.07) is 13.2. The highest BCUT2D eigenvalue weighted by atomic mass is 35.5. The number of aromatic nitrogens is 1. The fourth-order valence-corrected chi connectivity index (χ4v) is 4.57. The first-order valence-electron chi connectivity index (χ1n) is 6.76. The SMILES string of the molecule is Cl.Nc1ccc2sc(NC(=O)c3sc4ccccc4c3Cl)nc2c1. The number of benzene rings is 2. The minimum atomic E-state index is -0.247. The van der Waals surface area contributed by atoms with Gasteiger partial charge in [-0.2, -0.15) is 0 Å². The number of thiophene rings is 1. The summed E-state index contributed by atoms with van der Waals surface area (Å²) in [5.74, 6) is -0.247. The van der Waals surface area contributed by atoms with Crippen LogP contribution in [0.25, 0.3) is 20.3 Å². The van der Waals surface area contributed by atoms with Crippen LogP contribution in [0.1, 0.15) is 9.67 Å². The fourth-order valence-electron chi connectivity index (χ4n) is 2.31. The van der Waals surface area contributed by atoms with E-state index in [1.165, 1.54) is 22.7 Å². The number of thiazole rings is 1. The maximum absolute atomic E-state index is 12.5. The van der Waals surface area contributed by atoms with Gasteiger partial charge in [-0.15, -0.1) is 23.7 Å². The first kappa shape index (κ1) is 17.0. The summed E-state index contributed by atoms with van der Waals surface area (Å²) < 4.78 is 1.96. The third-order valence-corrected chi connectivity index (χ3v) is 6.00. The van der Waals surface area contributed by atoms with Crippen molar-refractivity contribution < 1.29 is 4.79 Å². The Bertz CT molecular complexity index is 1060. The number of rotatable bonds is 2. The maximum Gasteiger partial charge on any atom is 0.269 e. The average Bonchev–Trinajstić information content (AvgIpc) is 3.08. The Balaban J connectivity index is 0.00000169. The molecular formula is C16H11Cl2N3OS2. The van der Waals surface area contributed by atoms with E-state index in [2.05, 4.69) is 10.3 Å². The molecule has 0 spiro atoms. The number of carbonyl (C=O) groups excluding carboxylic acids is 1. The zero-order valence-electron chi connectivity index (χ0n) is 12.1. The van der Waals surface area contributed by atoms with E-state index >= 15 is 0 Å². The predicted octanol–water partition coefficient (Wildman–Crippen LogP) is 5.42. The normalized spacial score (nSPS) is 10.7. The van der Waals surface area contributed by atoms with Crippen LogP contribution in [0, 0.1) is 0 Å². The predicted molar refractivity (Wildman–Crippen MR) is 106 cm³/mol. The molecule has 4 aromatic rings. The van der Waals surface area contributed by atoms with Crippen LogP contribution in [0.4, 0.5) is 10.8 Å². The number of nitrogen functional groups attached to an aromatic ring is 1. The molecule has 4 nitrogen and oxygen atoms in total. The Hall–Kier alpha value is -1.86. The topological polar surface area (TPSA) is 68.0 Å². The van der Waals surface area contributed by atoms with Crippen molar-refractivity contribution in [2.45, 2.75) is 0 Å². The highest BCUT2D eigenvalue weighted by Crippen LogP contribution is 2.36. The summed E-state index contributed by atoms with van der Waals surface area (Å²) in [5.41, 5.74) is 7.17. The molecule has 1 amide bonds. The number of carbonyl (C=O) groups is 1. The lowest BCUT2D eigenvalue weighted by molar-refractivity contribution is 0.103. The van der Waals surface area contributed by atoms with Crippen molar-refractivity contribution in [3.63, 3.8) is 0 Å². The average molecular weight is 396 g/mol. The first-order chi connectivity index (χ1) is 11.1. The molecule has 24 heavy (non-hydrogen) atoms. The van der Waals surface area contributed by atoms with E-state index in [1.807, 2.05) is 36.4 Å². The minimum Gasteiger partial charge on any atom is -0.399 e. The van der Waals surface area contributed by atoms with Crippen molar-refractivity contribution in [1.82, 2.24) is 4.98 Å². The zero-order valence-corrected chi connectivity index (χ0v) is 15.3. The number of anilines is 2. The number of hydrogen-bond donors (Lipinski definition) is 2. The molecule has 2 aromatic heterocycles. The molecule has 2 heterocycles. The van der Waals surface area contributed by atoms with Gasteiger partial charge < -0.3 is 5.73 Å². The smallest absolute Gasteiger partial charge is 0.269 e. The molecule has 0 radical (unpaired) electrons. The van der Waals surface area contributed by atoms with Gasteiger partial charge in [0.2, 0.25) is 0 Å². The largest absolute Gasteiger partial charge is 0.399 e. The van der Waals surface area contributed by atoms with E-state index in [0.29, 0.717) is 20.7 Å². The molecule has 0 saturated heterocycles. The number of halogens is 2. The van der Waals surface area contributed by atoms with Crippen LogP contribution >= 0.6 is 46.7 Å². The number of nitrogens with one attached hydrogen (secondary N) is 1. The molecule has 0 unspecified atom stereocenters. The molecule has 4 rings (SSSR count). The van der Waals surface area contributed by atoms with E-state index in [1.54, 1.807) is 6.07 Å². The van der Waals surface area contributed by atoms with Gasteiger partial charge in [-0.3, -0.25) is 10.1 Å². The summed E-state index contributed by atoms with van der Waals surface area (Å²) >= 11 is 9.11. The van der Waals surface area contributed by atoms with Crippen molar-refractivity contribution in [3.8, 4) is 0 Å². The van der Waals surface area contributed by atoms with Crippen molar-refractivity contribution in [3.05, 3.63) is 52.4 Å². The molecule has 8 heteroatoms. The van der Waals surface area contributed by atoms with Gasteiger partial charge >= 0.3 is 0 Å². The van der Waals surface area contributed by atoms with E-state index in [-0.39, 0.29) is 18.3 Å². The van der Waals surface area contributed by atoms with Crippen LogP contribution in [0.2, 0.25) is 5.02 Å². The van der Waals surface area contributed by atoms with Gasteiger partial charge in [0, 0.05) is 15.8 Å². The molecule has 122 valence electrons. The Morgan fingerprint density at radius 3 is 2.71 bits per heavy atom. The van der Waals surface area contributed by atoms with Gasteiger partial charge in [0.25, 0.3) is 5.91 Å². The number of nitrogens with zero attached hydrogens (tertiary/aromatic N) is 1. The van der Waals surface area contributed by atoms with Crippen LogP contribution in [0.15, 0.2) is 42.5 Å². The molecule has 0 saturated carbocycles. The lowest BCUT2D eigenvalue weighted by atomic mass is 10.2. The Labute approximate surface area is 156 Å². The van der Waals surface area contributed by atoms with Crippen LogP contribution in [0.5, 0.6) is 0 Å². The zero-order chi connectivity index (χ0) is 16.0. The second kappa shape index (κ2) is 6.57. The van der Waals surface area contributed by atoms with E-state index in [9.17, 15) is 4.79 Å². The second-order valence-corrected chi connectivity index (χ2v) is 7.40. The van der Waals surface area contributed by atoms with Crippen molar-refractivity contribution in [2.75, 3.05) is 11.1 Å². The Morgan fingerprint density at radius 2 is 1.92 bits per heavy atom. The summed E-state index contributed by atoms with van der Waals surface area (Å²) in [6.45, 7) is 0. The maximum atomic E-state index is 12.5. The standard InChI is InChI=1S/C16H10ClN3OS2.ClH/c17-13-9-3-1-2-4-11(9)22-14(13)15(21)20-16-19-10-7-8(18)5-6-12(10)23-16;/h1-7H,18H2,(H,19,20,21);1H. The molecule has 0 fully saturated rings. The molecule has 0 aliphatic rings. The van der Waals surface area contributed by atoms with Crippen LogP contribution in [-0.2, 0) is 0 Å². The van der Waals surface area contributed by atoms with Gasteiger partial charge in [-0.1, -0.05) is 41.1 Å². The third kappa shape index (κ3) is 2.93. The summed E-state index contributed by atoms with van der Waals surface area (Å²) in [7, 11) is 0. The molecule has 3 N–H and O–H groups in total. The van der Waals surface area contributed by atoms with Crippen molar-refractivity contribution in [2.24, 2.45) is 0 Å². The Kier molecular flexibility index (Phi) is 4.64. The quantitative estimate of drug-likeness (QED) is 0.445. The molecule has 2 aromatic carbocycles. The van der Waals surface area contributed by atoms with E-state index in [4.69, 9.17) is 17.3 Å². The second-order valence-electron chi connectivity index (χ2n) is 4.94. The lowest BCUT2D eigenvalue weighted by Gasteiger charge is -1.98. The van der Waals surface area contributed by atoms with Crippen LogP contribution < -0.4 is 11.1 Å². The molecule has 0 aliphatic carbocycles. The van der Waals surface area contributed by atoms with Crippen LogP contribution in [-0.4, -0.2) is 10.9 Å². The molecule has 0 atom stereocenters. The first-order valence-corrected chi connectivity index (χ1v) is 8.77. The van der Waals surface area contributed by atoms with E-state index < -0.39 is 0 Å². The summed E-state index contributed by atoms with van der Waals surface area (Å²) in [5, 5.41) is 4.72. The lowest BCUT2D eigenvalue weighted by Crippen LogP contribution is -2.10. The third-order valence-electron chi connectivity index (χ3n) is 3.37. The number of hydrogen-bond acceptors (Lipinski definition) is 5. The van der Waals surface area contributed by atoms with Gasteiger partial charge in [0.15, 0.2) is 5.13 Å². The molecule has 0 bridgehead atoms.